The molecule has 3 atom stereocenters. The molecule has 1 aliphatic carbocycles. The molecular weight excluding hydrogens is 276 g/mol. The highest BCUT2D eigenvalue weighted by molar-refractivity contribution is 4.95. The fourth-order valence-electron chi connectivity index (χ4n) is 4.16. The van der Waals surface area contributed by atoms with E-state index in [4.69, 9.17) is 4.74 Å². The van der Waals surface area contributed by atoms with Crippen LogP contribution in [0.1, 0.15) is 66.2 Å². The lowest BCUT2D eigenvalue weighted by atomic mass is 9.83. The monoisotopic (exact) mass is 312 g/mol. The largest absolute Gasteiger partial charge is 0.389 e. The molecule has 0 aromatic heterocycles. The van der Waals surface area contributed by atoms with Gasteiger partial charge in [-0.3, -0.25) is 5.32 Å². The van der Waals surface area contributed by atoms with Crippen LogP contribution in [0.2, 0.25) is 0 Å². The van der Waals surface area contributed by atoms with Gasteiger partial charge in [-0.2, -0.15) is 0 Å². The van der Waals surface area contributed by atoms with Crippen LogP contribution < -0.4 is 5.32 Å². The van der Waals surface area contributed by atoms with E-state index in [2.05, 4.69) is 37.9 Å². The van der Waals surface area contributed by atoms with Crippen molar-refractivity contribution in [1.82, 2.24) is 10.2 Å². The minimum atomic E-state index is -0.414. The smallest absolute Gasteiger partial charge is 0.114 e. The van der Waals surface area contributed by atoms with Gasteiger partial charge in [-0.25, -0.2) is 0 Å². The van der Waals surface area contributed by atoms with E-state index in [1.165, 1.54) is 32.1 Å². The molecule has 0 aromatic rings. The van der Waals surface area contributed by atoms with Crippen LogP contribution in [0.15, 0.2) is 0 Å². The topological polar surface area (TPSA) is 44.7 Å². The summed E-state index contributed by atoms with van der Waals surface area (Å²) in [6.07, 6.45) is 7.46. The Kier molecular flexibility index (Phi) is 6.69. The number of nitrogens with one attached hydrogen (secondary N) is 1. The summed E-state index contributed by atoms with van der Waals surface area (Å²) in [5.74, 6) is 0.798. The molecule has 0 radical (unpaired) electrons. The number of aliphatic hydroxyl groups excluding tert-OH is 1. The van der Waals surface area contributed by atoms with Crippen molar-refractivity contribution in [2.45, 2.75) is 90.2 Å². The molecule has 0 bridgehead atoms. The molecule has 22 heavy (non-hydrogen) atoms. The van der Waals surface area contributed by atoms with Gasteiger partial charge in [0.05, 0.1) is 6.10 Å². The van der Waals surface area contributed by atoms with E-state index < -0.39 is 6.10 Å². The Morgan fingerprint density at radius 3 is 2.41 bits per heavy atom. The summed E-state index contributed by atoms with van der Waals surface area (Å²) in [5.41, 5.74) is -0.325. The summed E-state index contributed by atoms with van der Waals surface area (Å²) in [4.78, 5) is 2.27. The average Bonchev–Trinajstić information content (AvgIpc) is 2.80. The van der Waals surface area contributed by atoms with E-state index in [0.717, 1.165) is 25.4 Å². The predicted octanol–water partition coefficient (Wildman–Crippen LogP) is 2.75. The molecule has 2 fully saturated rings. The lowest BCUT2D eigenvalue weighted by Gasteiger charge is -2.30. The molecule has 2 aliphatic rings. The van der Waals surface area contributed by atoms with Crippen LogP contribution in [0.3, 0.4) is 0 Å². The highest BCUT2D eigenvalue weighted by atomic mass is 16.5. The highest BCUT2D eigenvalue weighted by Crippen LogP contribution is 2.33. The lowest BCUT2D eigenvalue weighted by molar-refractivity contribution is -0.0847. The summed E-state index contributed by atoms with van der Waals surface area (Å²) in [7, 11) is 0. The fraction of sp³-hybridized carbons (Fsp3) is 1.00. The highest BCUT2D eigenvalue weighted by Gasteiger charge is 2.43. The molecule has 0 spiro atoms. The third-order valence-corrected chi connectivity index (χ3v) is 5.39. The second kappa shape index (κ2) is 8.09. The molecule has 2 N–H and O–H groups in total. The molecule has 4 heteroatoms. The number of nitrogens with zero attached hydrogens (tertiary/aromatic N) is 1. The van der Waals surface area contributed by atoms with Crippen molar-refractivity contribution in [1.29, 1.82) is 0 Å². The first-order valence-corrected chi connectivity index (χ1v) is 9.31. The van der Waals surface area contributed by atoms with Gasteiger partial charge in [-0.1, -0.05) is 46.0 Å². The van der Waals surface area contributed by atoms with Crippen molar-refractivity contribution < 1.29 is 9.84 Å². The van der Waals surface area contributed by atoms with Crippen LogP contribution in [0.4, 0.5) is 0 Å². The number of aliphatic hydroxyl groups is 1. The first kappa shape index (κ1) is 18.2. The normalized spacial score (nSPS) is 30.8. The van der Waals surface area contributed by atoms with E-state index >= 15 is 0 Å². The molecule has 4 nitrogen and oxygen atoms in total. The number of hydrogen-bond donors (Lipinski definition) is 2. The maximum Gasteiger partial charge on any atom is 0.114 e. The van der Waals surface area contributed by atoms with Gasteiger partial charge in [0, 0.05) is 12.6 Å². The van der Waals surface area contributed by atoms with Gasteiger partial charge in [-0.05, 0) is 39.3 Å². The van der Waals surface area contributed by atoms with Crippen LogP contribution in [0, 0.1) is 5.92 Å². The Labute approximate surface area is 136 Å². The van der Waals surface area contributed by atoms with Gasteiger partial charge in [-0.15, -0.1) is 0 Å². The van der Waals surface area contributed by atoms with Gasteiger partial charge in [0.15, 0.2) is 0 Å². The van der Waals surface area contributed by atoms with Crippen molar-refractivity contribution in [3.8, 4) is 0 Å². The first-order chi connectivity index (χ1) is 10.4. The molecule has 130 valence electrons. The van der Waals surface area contributed by atoms with Crippen LogP contribution >= 0.6 is 0 Å². The molecule has 0 aromatic carbocycles. The van der Waals surface area contributed by atoms with Crippen molar-refractivity contribution in [3.05, 3.63) is 0 Å². The van der Waals surface area contributed by atoms with E-state index in [9.17, 15) is 5.11 Å². The molecule has 1 saturated carbocycles. The lowest BCUT2D eigenvalue weighted by Crippen LogP contribution is -2.46. The van der Waals surface area contributed by atoms with Crippen LogP contribution in [-0.2, 0) is 4.74 Å². The molecule has 1 heterocycles. The van der Waals surface area contributed by atoms with Crippen LogP contribution in [-0.4, -0.2) is 53.6 Å². The molecule has 2 rings (SSSR count). The Morgan fingerprint density at radius 2 is 1.82 bits per heavy atom. The zero-order valence-electron chi connectivity index (χ0n) is 15.0. The van der Waals surface area contributed by atoms with Crippen LogP contribution in [0.5, 0.6) is 0 Å². The van der Waals surface area contributed by atoms with E-state index in [1.54, 1.807) is 0 Å². The van der Waals surface area contributed by atoms with Gasteiger partial charge < -0.3 is 14.7 Å². The van der Waals surface area contributed by atoms with Crippen LogP contribution in [0.25, 0.3) is 0 Å². The SMILES string of the molecule is CCN(CC)CC(O)C1OC(C)(C)NC1CC1CCCCC1. The van der Waals surface area contributed by atoms with E-state index in [0.29, 0.717) is 6.54 Å². The van der Waals surface area contributed by atoms with Crippen molar-refractivity contribution in [3.63, 3.8) is 0 Å². The summed E-state index contributed by atoms with van der Waals surface area (Å²) in [6.45, 7) is 11.1. The second-order valence-electron chi connectivity index (χ2n) is 7.64. The molecular formula is C18H36N2O2. The third kappa shape index (κ3) is 4.92. The molecule has 1 saturated heterocycles. The zero-order chi connectivity index (χ0) is 16.2. The summed E-state index contributed by atoms with van der Waals surface area (Å²) < 4.78 is 6.17. The Hall–Kier alpha value is -0.160. The van der Waals surface area contributed by atoms with Crippen molar-refractivity contribution >= 4 is 0 Å². The number of likely N-dealkylation sites (N-methyl/N-ethyl adjacent to an activating group) is 1. The summed E-state index contributed by atoms with van der Waals surface area (Å²) in [6, 6.07) is 0.281. The quantitative estimate of drug-likeness (QED) is 0.759. The average molecular weight is 312 g/mol. The minimum Gasteiger partial charge on any atom is -0.389 e. The van der Waals surface area contributed by atoms with Gasteiger partial charge in [0.1, 0.15) is 11.8 Å². The van der Waals surface area contributed by atoms with Gasteiger partial charge in [0.2, 0.25) is 0 Å². The third-order valence-electron chi connectivity index (χ3n) is 5.39. The van der Waals surface area contributed by atoms with Crippen molar-refractivity contribution in [2.24, 2.45) is 5.92 Å². The molecule has 1 aliphatic heterocycles. The second-order valence-corrected chi connectivity index (χ2v) is 7.64. The van der Waals surface area contributed by atoms with Gasteiger partial charge in [0.25, 0.3) is 0 Å². The maximum absolute atomic E-state index is 10.7. The Bertz CT molecular complexity index is 325. The van der Waals surface area contributed by atoms with E-state index in [-0.39, 0.29) is 17.9 Å². The number of hydrogen-bond acceptors (Lipinski definition) is 4. The van der Waals surface area contributed by atoms with Gasteiger partial charge >= 0.3 is 0 Å². The zero-order valence-corrected chi connectivity index (χ0v) is 15.0. The summed E-state index contributed by atoms with van der Waals surface area (Å²) >= 11 is 0. The number of rotatable bonds is 7. The van der Waals surface area contributed by atoms with E-state index in [1.807, 2.05) is 0 Å². The Balaban J connectivity index is 1.95. The molecule has 0 amide bonds. The summed E-state index contributed by atoms with van der Waals surface area (Å²) in [5, 5.41) is 14.3. The Morgan fingerprint density at radius 1 is 1.18 bits per heavy atom. The predicted molar refractivity (Wildman–Crippen MR) is 90.9 cm³/mol. The standard InChI is InChI=1S/C18H36N2O2/c1-5-20(6-2)13-16(21)17-15(19-18(3,4)22-17)12-14-10-8-7-9-11-14/h14-17,19,21H,5-13H2,1-4H3. The van der Waals surface area contributed by atoms with Crippen molar-refractivity contribution in [2.75, 3.05) is 19.6 Å². The number of ether oxygens (including phenoxy) is 1. The fourth-order valence-corrected chi connectivity index (χ4v) is 4.16. The first-order valence-electron chi connectivity index (χ1n) is 9.31. The maximum atomic E-state index is 10.7. The molecule has 3 unspecified atom stereocenters. The minimum absolute atomic E-state index is 0.0856.